The molecule has 0 spiro atoms. The third-order valence-corrected chi connectivity index (χ3v) is 2.76. The highest BCUT2D eigenvalue weighted by molar-refractivity contribution is 6.66. The van der Waals surface area contributed by atoms with Gasteiger partial charge in [0.2, 0.25) is 3.79 Å². The first-order valence-electron chi connectivity index (χ1n) is 4.49. The standard InChI is InChI=1S/C11H7Cl3O2/c1-6(15)7-2-3-9-8(4-7)5-10(16-9)11(12,13)14/h2-5H,1H3. The van der Waals surface area contributed by atoms with Crippen molar-refractivity contribution in [3.05, 3.63) is 35.6 Å². The molecule has 1 aromatic heterocycles. The van der Waals surface area contributed by atoms with Crippen molar-refractivity contribution in [2.45, 2.75) is 10.7 Å². The highest BCUT2D eigenvalue weighted by Crippen LogP contribution is 2.40. The van der Waals surface area contributed by atoms with Gasteiger partial charge in [-0.1, -0.05) is 34.8 Å². The summed E-state index contributed by atoms with van der Waals surface area (Å²) in [6.07, 6.45) is 0. The van der Waals surface area contributed by atoms with Crippen LogP contribution >= 0.6 is 34.8 Å². The normalized spacial score (nSPS) is 12.0. The summed E-state index contributed by atoms with van der Waals surface area (Å²) < 4.78 is 3.77. The monoisotopic (exact) mass is 276 g/mol. The van der Waals surface area contributed by atoms with E-state index in [2.05, 4.69) is 0 Å². The number of Topliss-reactive ketones (excluding diaryl/α,β-unsaturated/α-hetero) is 1. The molecule has 16 heavy (non-hydrogen) atoms. The maximum atomic E-state index is 11.2. The van der Waals surface area contributed by atoms with Crippen LogP contribution in [0.15, 0.2) is 28.7 Å². The Bertz CT molecular complexity index is 552. The van der Waals surface area contributed by atoms with Crippen molar-refractivity contribution < 1.29 is 9.21 Å². The molecule has 0 amide bonds. The molecule has 2 aromatic rings. The molecule has 2 rings (SSSR count). The topological polar surface area (TPSA) is 30.2 Å². The van der Waals surface area contributed by atoms with Gasteiger partial charge in [-0.05, 0) is 31.2 Å². The van der Waals surface area contributed by atoms with Gasteiger partial charge in [0.15, 0.2) is 11.5 Å². The molecule has 0 fully saturated rings. The summed E-state index contributed by atoms with van der Waals surface area (Å²) in [6.45, 7) is 1.50. The maximum absolute atomic E-state index is 11.2. The lowest BCUT2D eigenvalue weighted by molar-refractivity contribution is 0.101. The van der Waals surface area contributed by atoms with Crippen molar-refractivity contribution in [1.29, 1.82) is 0 Å². The van der Waals surface area contributed by atoms with E-state index >= 15 is 0 Å². The molecule has 0 aliphatic carbocycles. The Kier molecular flexibility index (Phi) is 2.91. The molecule has 1 aromatic carbocycles. The van der Waals surface area contributed by atoms with Gasteiger partial charge in [0.05, 0.1) is 0 Å². The van der Waals surface area contributed by atoms with E-state index in [1.807, 2.05) is 0 Å². The molecule has 0 bridgehead atoms. The Morgan fingerprint density at radius 3 is 2.50 bits per heavy atom. The van der Waals surface area contributed by atoms with Crippen LogP contribution in [0, 0.1) is 0 Å². The van der Waals surface area contributed by atoms with Crippen molar-refractivity contribution in [3.63, 3.8) is 0 Å². The first-order chi connectivity index (χ1) is 7.38. The number of fused-ring (bicyclic) bond motifs is 1. The molecular formula is C11H7Cl3O2. The minimum Gasteiger partial charge on any atom is -0.456 e. The van der Waals surface area contributed by atoms with Crippen LogP contribution in [-0.4, -0.2) is 5.78 Å². The van der Waals surface area contributed by atoms with Crippen molar-refractivity contribution in [1.82, 2.24) is 0 Å². The van der Waals surface area contributed by atoms with Crippen LogP contribution in [0.25, 0.3) is 11.0 Å². The number of alkyl halides is 3. The number of benzene rings is 1. The van der Waals surface area contributed by atoms with Gasteiger partial charge >= 0.3 is 0 Å². The van der Waals surface area contributed by atoms with Gasteiger partial charge in [0.1, 0.15) is 5.58 Å². The fourth-order valence-corrected chi connectivity index (χ4v) is 1.68. The van der Waals surface area contributed by atoms with Crippen molar-refractivity contribution in [2.75, 3.05) is 0 Å². The molecule has 0 radical (unpaired) electrons. The van der Waals surface area contributed by atoms with Crippen LogP contribution in [0.2, 0.25) is 0 Å². The van der Waals surface area contributed by atoms with Gasteiger partial charge in [0.25, 0.3) is 0 Å². The molecule has 0 atom stereocenters. The summed E-state index contributed by atoms with van der Waals surface area (Å²) in [5.41, 5.74) is 1.19. The fraction of sp³-hybridized carbons (Fsp3) is 0.182. The average molecular weight is 278 g/mol. The molecule has 84 valence electrons. The zero-order chi connectivity index (χ0) is 11.9. The predicted molar refractivity (Wildman–Crippen MR) is 65.5 cm³/mol. The van der Waals surface area contributed by atoms with E-state index in [9.17, 15) is 4.79 Å². The molecule has 0 saturated heterocycles. The van der Waals surface area contributed by atoms with E-state index in [1.54, 1.807) is 24.3 Å². The van der Waals surface area contributed by atoms with Gasteiger partial charge in [-0.15, -0.1) is 0 Å². The van der Waals surface area contributed by atoms with E-state index < -0.39 is 3.79 Å². The van der Waals surface area contributed by atoms with Crippen molar-refractivity contribution in [2.24, 2.45) is 0 Å². The van der Waals surface area contributed by atoms with Crippen LogP contribution < -0.4 is 0 Å². The molecule has 0 aliphatic heterocycles. The first kappa shape index (κ1) is 11.8. The Balaban J connectivity index is 2.59. The Morgan fingerprint density at radius 1 is 1.25 bits per heavy atom. The summed E-state index contributed by atoms with van der Waals surface area (Å²) in [4.78, 5) is 11.2. The van der Waals surface area contributed by atoms with Gasteiger partial charge in [-0.3, -0.25) is 4.79 Å². The third kappa shape index (κ3) is 2.19. The summed E-state index contributed by atoms with van der Waals surface area (Å²) in [5.74, 6) is 0.228. The molecule has 0 N–H and O–H groups in total. The van der Waals surface area contributed by atoms with E-state index in [-0.39, 0.29) is 11.5 Å². The Labute approximate surface area is 107 Å². The summed E-state index contributed by atoms with van der Waals surface area (Å²) >= 11 is 17.1. The average Bonchev–Trinajstić information content (AvgIpc) is 2.58. The maximum Gasteiger partial charge on any atom is 0.248 e. The predicted octanol–water partition coefficient (Wildman–Crippen LogP) is 4.46. The molecular weight excluding hydrogens is 270 g/mol. The lowest BCUT2D eigenvalue weighted by atomic mass is 10.1. The second kappa shape index (κ2) is 3.95. The second-order valence-electron chi connectivity index (χ2n) is 3.42. The number of rotatable bonds is 1. The number of carbonyl (C=O) groups is 1. The quantitative estimate of drug-likeness (QED) is 0.569. The van der Waals surface area contributed by atoms with Crippen molar-refractivity contribution in [3.8, 4) is 0 Å². The largest absolute Gasteiger partial charge is 0.456 e. The fourth-order valence-electron chi connectivity index (χ4n) is 1.40. The number of ketones is 1. The molecule has 0 aliphatic rings. The minimum absolute atomic E-state index is 0.0152. The van der Waals surface area contributed by atoms with Crippen molar-refractivity contribution >= 4 is 51.6 Å². The second-order valence-corrected chi connectivity index (χ2v) is 5.70. The van der Waals surface area contributed by atoms with E-state index in [0.717, 1.165) is 5.39 Å². The third-order valence-electron chi connectivity index (χ3n) is 2.20. The first-order valence-corrected chi connectivity index (χ1v) is 5.63. The zero-order valence-electron chi connectivity index (χ0n) is 8.26. The number of halogens is 3. The lowest BCUT2D eigenvalue weighted by Gasteiger charge is -2.04. The summed E-state index contributed by atoms with van der Waals surface area (Å²) in [7, 11) is 0. The van der Waals surface area contributed by atoms with Gasteiger partial charge in [-0.25, -0.2) is 0 Å². The highest BCUT2D eigenvalue weighted by Gasteiger charge is 2.27. The van der Waals surface area contributed by atoms with Crippen LogP contribution in [0.1, 0.15) is 23.0 Å². The van der Waals surface area contributed by atoms with E-state index in [0.29, 0.717) is 11.1 Å². The van der Waals surface area contributed by atoms with Crippen LogP contribution in [0.5, 0.6) is 0 Å². The molecule has 0 saturated carbocycles. The molecule has 2 nitrogen and oxygen atoms in total. The molecule has 5 heteroatoms. The number of carbonyl (C=O) groups excluding carboxylic acids is 1. The molecule has 0 unspecified atom stereocenters. The number of furan rings is 1. The summed E-state index contributed by atoms with van der Waals surface area (Å²) in [6, 6.07) is 6.69. The van der Waals surface area contributed by atoms with Gasteiger partial charge < -0.3 is 4.42 Å². The van der Waals surface area contributed by atoms with Gasteiger partial charge in [0, 0.05) is 10.9 Å². The minimum atomic E-state index is -1.59. The van der Waals surface area contributed by atoms with E-state index in [1.165, 1.54) is 6.92 Å². The Hall–Kier alpha value is -0.700. The van der Waals surface area contributed by atoms with E-state index in [4.69, 9.17) is 39.2 Å². The van der Waals surface area contributed by atoms with Crippen LogP contribution in [0.3, 0.4) is 0 Å². The van der Waals surface area contributed by atoms with Gasteiger partial charge in [-0.2, -0.15) is 0 Å². The zero-order valence-corrected chi connectivity index (χ0v) is 10.5. The molecule has 1 heterocycles. The Morgan fingerprint density at radius 2 is 1.94 bits per heavy atom. The lowest BCUT2D eigenvalue weighted by Crippen LogP contribution is -1.96. The highest BCUT2D eigenvalue weighted by atomic mass is 35.6. The number of hydrogen-bond acceptors (Lipinski definition) is 2. The number of hydrogen-bond donors (Lipinski definition) is 0. The van der Waals surface area contributed by atoms with Crippen LogP contribution in [0.4, 0.5) is 0 Å². The SMILES string of the molecule is CC(=O)c1ccc2oc(C(Cl)(Cl)Cl)cc2c1. The van der Waals surface area contributed by atoms with Crippen LogP contribution in [-0.2, 0) is 3.79 Å². The summed E-state index contributed by atoms with van der Waals surface area (Å²) in [5, 5.41) is 0.744. The smallest absolute Gasteiger partial charge is 0.248 e.